The van der Waals surface area contributed by atoms with Gasteiger partial charge in [-0.15, -0.1) is 0 Å². The lowest BCUT2D eigenvalue weighted by Crippen LogP contribution is -2.50. The molecule has 7 heterocycles. The van der Waals surface area contributed by atoms with Gasteiger partial charge in [0.2, 0.25) is 0 Å². The summed E-state index contributed by atoms with van der Waals surface area (Å²) in [5.74, 6) is -0.856. The molecule has 0 aliphatic carbocycles. The number of hydrogen-bond acceptors (Lipinski definition) is 15. The monoisotopic (exact) mass is 824 g/mol. The van der Waals surface area contributed by atoms with Crippen LogP contribution in [0.3, 0.4) is 0 Å². The van der Waals surface area contributed by atoms with Crippen LogP contribution >= 0.6 is 25.8 Å². The first-order valence-electron chi connectivity index (χ1n) is 15.9. The number of ether oxygens (including phenoxy) is 2. The van der Waals surface area contributed by atoms with Gasteiger partial charge in [-0.05, 0) is 29.9 Å². The van der Waals surface area contributed by atoms with Crippen LogP contribution in [0.25, 0.3) is 22.2 Å². The van der Waals surface area contributed by atoms with Crippen LogP contribution in [0.15, 0.2) is 30.0 Å². The number of fused-ring (bicyclic) bond motifs is 5. The Hall–Kier alpha value is -2.24. The minimum atomic E-state index is -4.45. The number of nitrogen functional groups attached to an aromatic ring is 1. The van der Waals surface area contributed by atoms with Gasteiger partial charge in [-0.1, -0.05) is 33.0 Å². The molecule has 3 aliphatic rings. The second-order valence-electron chi connectivity index (χ2n) is 14.0. The number of hydrogen-bond donors (Lipinski definition) is 4. The van der Waals surface area contributed by atoms with Crippen molar-refractivity contribution in [3.63, 3.8) is 0 Å². The van der Waals surface area contributed by atoms with E-state index in [1.54, 1.807) is 0 Å². The molecule has 0 amide bonds. The second kappa shape index (κ2) is 13.5. The van der Waals surface area contributed by atoms with Crippen molar-refractivity contribution < 1.29 is 50.2 Å². The minimum Gasteiger partial charge on any atom is -0.408 e. The number of rotatable bonds is 4. The highest BCUT2D eigenvalue weighted by atomic mass is 32.7. The third-order valence-corrected chi connectivity index (χ3v) is 17.3. The van der Waals surface area contributed by atoms with Crippen molar-refractivity contribution in [3.05, 3.63) is 41.3 Å². The van der Waals surface area contributed by atoms with Gasteiger partial charge in [-0.25, -0.2) is 33.3 Å². The maximum atomic E-state index is 16.3. The highest BCUT2D eigenvalue weighted by molar-refractivity contribution is 8.44. The topological polar surface area (TPSA) is 222 Å². The molecule has 2 unspecified atom stereocenters. The van der Waals surface area contributed by atoms with Gasteiger partial charge in [0.15, 0.2) is 49.9 Å². The van der Waals surface area contributed by atoms with Crippen LogP contribution in [-0.4, -0.2) is 97.2 Å². The zero-order valence-electron chi connectivity index (χ0n) is 28.2. The first-order chi connectivity index (χ1) is 24.3. The molecule has 3 fully saturated rings. The van der Waals surface area contributed by atoms with Crippen LogP contribution in [0.2, 0.25) is 18.1 Å². The number of aromatic amines is 1. The number of H-pyrrole nitrogens is 1. The maximum absolute atomic E-state index is 16.3. The van der Waals surface area contributed by atoms with Crippen molar-refractivity contribution in [1.29, 1.82) is 0 Å². The van der Waals surface area contributed by atoms with E-state index in [1.807, 2.05) is 33.9 Å². The van der Waals surface area contributed by atoms with Gasteiger partial charge in [0.05, 0.1) is 25.9 Å². The molecule has 0 aromatic carbocycles. The van der Waals surface area contributed by atoms with Crippen molar-refractivity contribution >= 4 is 73.9 Å². The number of aromatic nitrogens is 7. The Bertz CT molecular complexity index is 2170. The number of nitrogens with two attached hydrogens (primary N) is 1. The highest BCUT2D eigenvalue weighted by Gasteiger charge is 2.56. The standard InChI is InChI=1S/C27H36F2N8O10P2S2Si/c1-27(2,3)52(4,5)47-19-14-8-42-48(39,50)45-18-13(43-25(16(18)29)37-11-35-17-21(30)31-9-33-23(17)37)7-41-49(40,51)46-20(19)26(44-14)36-6-12(28)15-22(36)32-10-34-24(15)38/h6,9-11,13-14,16,18-20,25-26H,7-8H2,1-5H3,(H,39,50)(H,40,51)(H2,30,31,33)(H,32,34,38)/t13-,14-,16-,18-,19-,20-,25-,26-,48?,49?/m1/s1. The Labute approximate surface area is 305 Å². The van der Waals surface area contributed by atoms with Crippen molar-refractivity contribution in [2.45, 2.75) is 88.1 Å². The molecular formula is C27H36F2N8O10P2S2Si. The van der Waals surface area contributed by atoms with Crippen molar-refractivity contribution in [2.24, 2.45) is 0 Å². The fourth-order valence-corrected chi connectivity index (χ4v) is 10.2. The van der Waals surface area contributed by atoms with Crippen molar-refractivity contribution in [2.75, 3.05) is 18.9 Å². The summed E-state index contributed by atoms with van der Waals surface area (Å²) in [6.07, 6.45) is -6.93. The van der Waals surface area contributed by atoms with Gasteiger partial charge in [0.1, 0.15) is 47.8 Å². The number of imidazole rings is 1. The van der Waals surface area contributed by atoms with E-state index in [4.69, 9.17) is 49.5 Å². The number of thiol groups is 1. The number of alkyl halides is 1. The molecule has 2 bridgehead atoms. The fraction of sp³-hybridized carbons (Fsp3) is 0.593. The summed E-state index contributed by atoms with van der Waals surface area (Å²) >= 11 is 9.62. The summed E-state index contributed by atoms with van der Waals surface area (Å²) in [5.41, 5.74) is 5.39. The van der Waals surface area contributed by atoms with Crippen LogP contribution in [-0.2, 0) is 48.4 Å². The molecule has 4 N–H and O–H groups in total. The first-order valence-corrected chi connectivity index (χ1v) is 24.1. The Morgan fingerprint density at radius 1 is 1.08 bits per heavy atom. The van der Waals surface area contributed by atoms with E-state index in [0.29, 0.717) is 0 Å². The molecule has 284 valence electrons. The number of anilines is 1. The molecule has 10 atom stereocenters. The molecule has 7 rings (SSSR count). The van der Waals surface area contributed by atoms with E-state index < -0.39 is 95.6 Å². The second-order valence-corrected chi connectivity index (χ2v) is 24.4. The Morgan fingerprint density at radius 2 is 1.79 bits per heavy atom. The molecular weight excluding hydrogens is 789 g/mol. The largest absolute Gasteiger partial charge is 0.408 e. The molecule has 3 aliphatic heterocycles. The number of nitrogens with zero attached hydrogens (tertiary/aromatic N) is 6. The fourth-order valence-electron chi connectivity index (χ4n) is 6.02. The van der Waals surface area contributed by atoms with Crippen LogP contribution < -0.4 is 11.3 Å². The minimum absolute atomic E-state index is 0.0508. The molecule has 3 saturated heterocycles. The third-order valence-electron chi connectivity index (χ3n) is 9.61. The van der Waals surface area contributed by atoms with Gasteiger partial charge in [-0.3, -0.25) is 22.9 Å². The first kappa shape index (κ1) is 38.0. The summed E-state index contributed by atoms with van der Waals surface area (Å²) < 4.78 is 90.3. The Kier molecular flexibility index (Phi) is 9.88. The van der Waals surface area contributed by atoms with Crippen molar-refractivity contribution in [3.8, 4) is 0 Å². The smallest absolute Gasteiger partial charge is 0.386 e. The average Bonchev–Trinajstić information content (AvgIpc) is 3.79. The van der Waals surface area contributed by atoms with Crippen LogP contribution in [0.1, 0.15) is 33.2 Å². The normalized spacial score (nSPS) is 34.9. The van der Waals surface area contributed by atoms with E-state index in [1.165, 1.54) is 21.8 Å². The lowest BCUT2D eigenvalue weighted by Gasteiger charge is -2.40. The van der Waals surface area contributed by atoms with Gasteiger partial charge in [-0.2, -0.15) is 0 Å². The van der Waals surface area contributed by atoms with Gasteiger partial charge in [0, 0.05) is 6.20 Å². The molecule has 0 spiro atoms. The predicted octanol–water partition coefficient (Wildman–Crippen LogP) is 3.88. The van der Waals surface area contributed by atoms with E-state index >= 15 is 8.78 Å². The van der Waals surface area contributed by atoms with E-state index in [9.17, 15) is 14.3 Å². The van der Waals surface area contributed by atoms with Gasteiger partial charge in [0.25, 0.3) is 5.56 Å². The summed E-state index contributed by atoms with van der Waals surface area (Å²) in [6.45, 7) is -0.0614. The Morgan fingerprint density at radius 3 is 2.52 bits per heavy atom. The number of nitrogens with one attached hydrogen (secondary N) is 1. The average molecular weight is 825 g/mol. The van der Waals surface area contributed by atoms with E-state index in [2.05, 4.69) is 37.2 Å². The molecule has 0 saturated carbocycles. The Balaban J connectivity index is 1.27. The molecule has 4 aromatic rings. The zero-order valence-corrected chi connectivity index (χ0v) is 32.7. The van der Waals surface area contributed by atoms with Crippen LogP contribution in [0, 0.1) is 5.82 Å². The molecule has 52 heavy (non-hydrogen) atoms. The summed E-state index contributed by atoms with van der Waals surface area (Å²) in [4.78, 5) is 42.8. The zero-order chi connectivity index (χ0) is 37.5. The molecule has 4 aromatic heterocycles. The maximum Gasteiger partial charge on any atom is 0.386 e. The molecule has 25 heteroatoms. The van der Waals surface area contributed by atoms with Crippen LogP contribution in [0.4, 0.5) is 14.6 Å². The van der Waals surface area contributed by atoms with E-state index in [0.717, 1.165) is 12.5 Å². The van der Waals surface area contributed by atoms with Gasteiger partial charge >= 0.3 is 13.5 Å². The lowest BCUT2D eigenvalue weighted by molar-refractivity contribution is -0.0586. The summed E-state index contributed by atoms with van der Waals surface area (Å²) in [6, 6.07) is 0. The predicted molar refractivity (Wildman–Crippen MR) is 190 cm³/mol. The van der Waals surface area contributed by atoms with Gasteiger partial charge < -0.3 is 38.6 Å². The van der Waals surface area contributed by atoms with Crippen molar-refractivity contribution in [1.82, 2.24) is 34.1 Å². The van der Waals surface area contributed by atoms with E-state index in [-0.39, 0.29) is 33.1 Å². The highest BCUT2D eigenvalue weighted by Crippen LogP contribution is 2.59. The molecule has 0 radical (unpaired) electrons. The summed E-state index contributed by atoms with van der Waals surface area (Å²) in [7, 11) is -2.72. The third kappa shape index (κ3) is 6.93. The quantitative estimate of drug-likeness (QED) is 0.130. The number of halogens is 2. The van der Waals surface area contributed by atoms with Crippen LogP contribution in [0.5, 0.6) is 0 Å². The summed E-state index contributed by atoms with van der Waals surface area (Å²) in [5, 5.41) is -0.712. The lowest BCUT2D eigenvalue weighted by atomic mass is 10.1. The SMILES string of the molecule is CC(C)(C)[Si](C)(C)O[C@H]1[C@H]2OP(O)(=S)OC[C@H]3O[C@@H](n4cnc5c(N)ncnc54)[C@H](F)[C@@H]3OP(=O)(S)OC[C@H]1O[C@H]2n1cc(F)c2c(=O)[nH]cnc21. The molecule has 18 nitrogen and oxygen atoms in total.